The van der Waals surface area contributed by atoms with E-state index in [-0.39, 0.29) is 5.91 Å². The third kappa shape index (κ3) is 4.33. The molecule has 0 spiro atoms. The van der Waals surface area contributed by atoms with Crippen LogP contribution in [-0.4, -0.2) is 36.5 Å². The fourth-order valence-electron chi connectivity index (χ4n) is 2.47. The van der Waals surface area contributed by atoms with Crippen molar-refractivity contribution in [2.24, 2.45) is 11.7 Å². The molecular weight excluding hydrogens is 238 g/mol. The number of nitrogens with zero attached hydrogens (tertiary/aromatic N) is 1. The van der Waals surface area contributed by atoms with E-state index in [1.807, 2.05) is 6.07 Å². The lowest BCUT2D eigenvalue weighted by molar-refractivity contribution is -0.122. The minimum atomic E-state index is -0.415. The zero-order valence-corrected chi connectivity index (χ0v) is 11.5. The normalized spacial score (nSPS) is 21.3. The second-order valence-corrected chi connectivity index (χ2v) is 5.41. The molecule has 1 aliphatic rings. The van der Waals surface area contributed by atoms with Gasteiger partial charge in [0.1, 0.15) is 0 Å². The Kier molecular flexibility index (Phi) is 4.93. The van der Waals surface area contributed by atoms with Gasteiger partial charge >= 0.3 is 0 Å². The van der Waals surface area contributed by atoms with Crippen LogP contribution in [0.4, 0.5) is 0 Å². The molecule has 19 heavy (non-hydrogen) atoms. The zero-order chi connectivity index (χ0) is 13.7. The summed E-state index contributed by atoms with van der Waals surface area (Å²) in [5, 5.41) is 2.92. The summed E-state index contributed by atoms with van der Waals surface area (Å²) in [5.74, 6) is 0.493. The van der Waals surface area contributed by atoms with E-state index in [1.165, 1.54) is 5.56 Å². The lowest BCUT2D eigenvalue weighted by atomic mass is 10.1. The van der Waals surface area contributed by atoms with E-state index in [4.69, 9.17) is 5.73 Å². The number of hydrogen-bond acceptors (Lipinski definition) is 3. The van der Waals surface area contributed by atoms with Crippen molar-refractivity contribution in [3.8, 4) is 0 Å². The van der Waals surface area contributed by atoms with Crippen molar-refractivity contribution < 1.29 is 4.79 Å². The van der Waals surface area contributed by atoms with Gasteiger partial charge in [0.05, 0.1) is 6.04 Å². The SMILES string of the molecule is C[C@H](N)C(=O)NC[C@H]1CCN(Cc2ccccc2)C1. The lowest BCUT2D eigenvalue weighted by Gasteiger charge is -2.16. The number of amides is 1. The van der Waals surface area contributed by atoms with Crippen LogP contribution in [-0.2, 0) is 11.3 Å². The van der Waals surface area contributed by atoms with E-state index in [0.29, 0.717) is 5.92 Å². The number of benzene rings is 1. The van der Waals surface area contributed by atoms with E-state index < -0.39 is 6.04 Å². The van der Waals surface area contributed by atoms with Gasteiger partial charge in [0.25, 0.3) is 0 Å². The van der Waals surface area contributed by atoms with Gasteiger partial charge in [0.15, 0.2) is 0 Å². The van der Waals surface area contributed by atoms with Crippen molar-refractivity contribution in [1.29, 1.82) is 0 Å². The van der Waals surface area contributed by atoms with Crippen LogP contribution in [0.15, 0.2) is 30.3 Å². The summed E-state index contributed by atoms with van der Waals surface area (Å²) in [7, 11) is 0. The van der Waals surface area contributed by atoms with E-state index in [9.17, 15) is 4.79 Å². The summed E-state index contributed by atoms with van der Waals surface area (Å²) in [6, 6.07) is 10.1. The molecule has 1 aromatic carbocycles. The van der Waals surface area contributed by atoms with Gasteiger partial charge < -0.3 is 11.1 Å². The summed E-state index contributed by atoms with van der Waals surface area (Å²) in [5.41, 5.74) is 6.88. The average Bonchev–Trinajstić information content (AvgIpc) is 2.84. The van der Waals surface area contributed by atoms with Crippen molar-refractivity contribution in [3.05, 3.63) is 35.9 Å². The van der Waals surface area contributed by atoms with Crippen LogP contribution in [0.25, 0.3) is 0 Å². The first kappa shape index (κ1) is 14.0. The van der Waals surface area contributed by atoms with Crippen LogP contribution in [0.3, 0.4) is 0 Å². The quantitative estimate of drug-likeness (QED) is 0.830. The Morgan fingerprint density at radius 1 is 1.47 bits per heavy atom. The predicted octanol–water partition coefficient (Wildman–Crippen LogP) is 0.972. The first-order valence-corrected chi connectivity index (χ1v) is 6.94. The van der Waals surface area contributed by atoms with Gasteiger partial charge in [0.2, 0.25) is 5.91 Å². The molecule has 0 aliphatic carbocycles. The summed E-state index contributed by atoms with van der Waals surface area (Å²) in [6.07, 6.45) is 1.14. The van der Waals surface area contributed by atoms with Gasteiger partial charge in [-0.1, -0.05) is 30.3 Å². The maximum absolute atomic E-state index is 11.4. The minimum absolute atomic E-state index is 0.0542. The average molecular weight is 261 g/mol. The number of nitrogens with two attached hydrogens (primary N) is 1. The monoisotopic (exact) mass is 261 g/mol. The van der Waals surface area contributed by atoms with E-state index in [0.717, 1.165) is 32.6 Å². The molecule has 1 amide bonds. The molecule has 1 heterocycles. The van der Waals surface area contributed by atoms with Crippen molar-refractivity contribution in [3.63, 3.8) is 0 Å². The number of carbonyl (C=O) groups excluding carboxylic acids is 1. The largest absolute Gasteiger partial charge is 0.354 e. The Morgan fingerprint density at radius 2 is 2.21 bits per heavy atom. The number of hydrogen-bond donors (Lipinski definition) is 2. The van der Waals surface area contributed by atoms with Gasteiger partial charge in [-0.05, 0) is 31.4 Å². The maximum Gasteiger partial charge on any atom is 0.236 e. The van der Waals surface area contributed by atoms with Crippen molar-refractivity contribution in [2.75, 3.05) is 19.6 Å². The summed E-state index contributed by atoms with van der Waals surface area (Å²) >= 11 is 0. The van der Waals surface area contributed by atoms with Crippen molar-refractivity contribution in [1.82, 2.24) is 10.2 Å². The molecule has 1 aromatic rings. The first-order valence-electron chi connectivity index (χ1n) is 6.94. The minimum Gasteiger partial charge on any atom is -0.354 e. The predicted molar refractivity (Wildman–Crippen MR) is 76.5 cm³/mol. The molecule has 3 N–H and O–H groups in total. The van der Waals surface area contributed by atoms with E-state index in [1.54, 1.807) is 6.92 Å². The molecule has 0 bridgehead atoms. The lowest BCUT2D eigenvalue weighted by Crippen LogP contribution is -2.40. The molecule has 0 radical (unpaired) electrons. The van der Waals surface area contributed by atoms with Crippen LogP contribution in [0.2, 0.25) is 0 Å². The van der Waals surface area contributed by atoms with Gasteiger partial charge in [-0.3, -0.25) is 9.69 Å². The molecule has 0 saturated carbocycles. The number of nitrogens with one attached hydrogen (secondary N) is 1. The number of carbonyl (C=O) groups is 1. The highest BCUT2D eigenvalue weighted by atomic mass is 16.2. The number of likely N-dealkylation sites (tertiary alicyclic amines) is 1. The molecule has 0 aromatic heterocycles. The summed E-state index contributed by atoms with van der Waals surface area (Å²) in [6.45, 7) is 5.61. The molecule has 104 valence electrons. The summed E-state index contributed by atoms with van der Waals surface area (Å²) < 4.78 is 0. The maximum atomic E-state index is 11.4. The highest BCUT2D eigenvalue weighted by molar-refractivity contribution is 5.80. The molecule has 1 saturated heterocycles. The third-order valence-corrected chi connectivity index (χ3v) is 3.60. The van der Waals surface area contributed by atoms with Crippen LogP contribution in [0.1, 0.15) is 18.9 Å². The zero-order valence-electron chi connectivity index (χ0n) is 11.5. The molecule has 4 heteroatoms. The second kappa shape index (κ2) is 6.68. The van der Waals surface area contributed by atoms with Crippen LogP contribution >= 0.6 is 0 Å². The summed E-state index contributed by atoms with van der Waals surface area (Å²) in [4.78, 5) is 13.9. The molecule has 0 unspecified atom stereocenters. The van der Waals surface area contributed by atoms with Gasteiger partial charge in [-0.2, -0.15) is 0 Å². The second-order valence-electron chi connectivity index (χ2n) is 5.41. The third-order valence-electron chi connectivity index (χ3n) is 3.60. The Morgan fingerprint density at radius 3 is 2.89 bits per heavy atom. The van der Waals surface area contributed by atoms with Gasteiger partial charge in [-0.15, -0.1) is 0 Å². The first-order chi connectivity index (χ1) is 9.15. The Hall–Kier alpha value is -1.39. The van der Waals surface area contributed by atoms with Gasteiger partial charge in [0, 0.05) is 19.6 Å². The topological polar surface area (TPSA) is 58.4 Å². The Labute approximate surface area is 115 Å². The van der Waals surface area contributed by atoms with Gasteiger partial charge in [-0.25, -0.2) is 0 Å². The Bertz CT molecular complexity index is 405. The van der Waals surface area contributed by atoms with E-state index >= 15 is 0 Å². The fourth-order valence-corrected chi connectivity index (χ4v) is 2.47. The van der Waals surface area contributed by atoms with Crippen LogP contribution in [0.5, 0.6) is 0 Å². The molecule has 2 atom stereocenters. The van der Waals surface area contributed by atoms with E-state index in [2.05, 4.69) is 34.5 Å². The molecule has 1 fully saturated rings. The fraction of sp³-hybridized carbons (Fsp3) is 0.533. The molecule has 2 rings (SSSR count). The smallest absolute Gasteiger partial charge is 0.236 e. The van der Waals surface area contributed by atoms with Crippen molar-refractivity contribution in [2.45, 2.75) is 25.9 Å². The molecule has 1 aliphatic heterocycles. The Balaban J connectivity index is 1.73. The van der Waals surface area contributed by atoms with Crippen molar-refractivity contribution >= 4 is 5.91 Å². The highest BCUT2D eigenvalue weighted by Gasteiger charge is 2.23. The van der Waals surface area contributed by atoms with Crippen LogP contribution < -0.4 is 11.1 Å². The number of rotatable bonds is 5. The molecular formula is C15H23N3O. The standard InChI is InChI=1S/C15H23N3O/c1-12(16)15(19)17-9-14-7-8-18(11-14)10-13-5-3-2-4-6-13/h2-6,12,14H,7-11,16H2,1H3,(H,17,19)/t12-,14+/m0/s1. The highest BCUT2D eigenvalue weighted by Crippen LogP contribution is 2.17. The van der Waals surface area contributed by atoms with Crippen LogP contribution in [0, 0.1) is 5.92 Å². The molecule has 4 nitrogen and oxygen atoms in total.